The van der Waals surface area contributed by atoms with Crippen LogP contribution in [0.25, 0.3) is 0 Å². The Morgan fingerprint density at radius 1 is 1.14 bits per heavy atom. The monoisotopic (exact) mass is 405 g/mol. The molecule has 1 aliphatic heterocycles. The number of hydrogen-bond donors (Lipinski definition) is 1. The molecule has 1 N–H and O–H groups in total. The van der Waals surface area contributed by atoms with Gasteiger partial charge in [-0.25, -0.2) is 13.6 Å². The van der Waals surface area contributed by atoms with Crippen LogP contribution < -0.4 is 4.74 Å². The van der Waals surface area contributed by atoms with E-state index in [4.69, 9.17) is 4.74 Å². The number of rotatable bonds is 5. The number of carboxylic acids is 1. The molecule has 3 atom stereocenters. The molecule has 5 aliphatic rings. The minimum Gasteiger partial charge on any atom is -0.490 e. The normalized spacial score (nSPS) is 34.8. The summed E-state index contributed by atoms with van der Waals surface area (Å²) >= 11 is 0. The molecule has 2 unspecified atom stereocenters. The molecule has 1 saturated heterocycles. The van der Waals surface area contributed by atoms with E-state index >= 15 is 0 Å². The lowest BCUT2D eigenvalue weighted by Crippen LogP contribution is -2.40. The number of halogens is 2. The van der Waals surface area contributed by atoms with Crippen molar-refractivity contribution in [2.75, 3.05) is 13.2 Å². The fourth-order valence-electron chi connectivity index (χ4n) is 6.61. The van der Waals surface area contributed by atoms with E-state index in [-0.39, 0.29) is 17.7 Å². The third kappa shape index (κ3) is 3.09. The van der Waals surface area contributed by atoms with Gasteiger partial charge in [0.2, 0.25) is 0 Å². The van der Waals surface area contributed by atoms with Crippen LogP contribution in [0.5, 0.6) is 5.75 Å². The van der Waals surface area contributed by atoms with Crippen molar-refractivity contribution in [1.82, 2.24) is 4.90 Å². The van der Waals surface area contributed by atoms with Crippen molar-refractivity contribution in [3.05, 3.63) is 29.3 Å². The van der Waals surface area contributed by atoms with Crippen molar-refractivity contribution >= 4 is 11.9 Å². The third-order valence-electron chi connectivity index (χ3n) is 7.64. The van der Waals surface area contributed by atoms with Crippen molar-refractivity contribution < 1.29 is 28.2 Å². The predicted octanol–water partition coefficient (Wildman–Crippen LogP) is 3.86. The number of hydrogen-bond acceptors (Lipinski definition) is 3. The number of likely N-dealkylation sites (tertiary alicyclic amines) is 1. The van der Waals surface area contributed by atoms with Crippen LogP contribution in [0.1, 0.15) is 55.3 Å². The second-order valence-electron chi connectivity index (χ2n) is 9.52. The van der Waals surface area contributed by atoms with Gasteiger partial charge in [0.05, 0.1) is 12.2 Å². The van der Waals surface area contributed by atoms with Gasteiger partial charge < -0.3 is 14.7 Å². The molecule has 5 nitrogen and oxygen atoms in total. The van der Waals surface area contributed by atoms with Gasteiger partial charge in [-0.05, 0) is 68.8 Å². The van der Waals surface area contributed by atoms with Crippen LogP contribution in [0.4, 0.5) is 8.78 Å². The van der Waals surface area contributed by atoms with Crippen LogP contribution in [0.2, 0.25) is 0 Å². The fraction of sp³-hybridized carbons (Fsp3) is 0.636. The highest BCUT2D eigenvalue weighted by atomic mass is 19.1. The molecule has 0 aromatic heterocycles. The van der Waals surface area contributed by atoms with Gasteiger partial charge in [0.25, 0.3) is 5.91 Å². The van der Waals surface area contributed by atoms with Gasteiger partial charge in [0.15, 0.2) is 11.6 Å². The number of carboxylic acid groups (broad SMARTS) is 1. The molecule has 5 fully saturated rings. The Morgan fingerprint density at radius 3 is 2.52 bits per heavy atom. The van der Waals surface area contributed by atoms with Crippen LogP contribution in [0.3, 0.4) is 0 Å². The summed E-state index contributed by atoms with van der Waals surface area (Å²) in [5.41, 5.74) is -0.362. The van der Waals surface area contributed by atoms with Crippen molar-refractivity contribution in [3.63, 3.8) is 0 Å². The van der Waals surface area contributed by atoms with E-state index in [1.54, 1.807) is 0 Å². The third-order valence-corrected chi connectivity index (χ3v) is 7.64. The van der Waals surface area contributed by atoms with Crippen molar-refractivity contribution in [1.29, 1.82) is 0 Å². The van der Waals surface area contributed by atoms with E-state index in [0.29, 0.717) is 19.4 Å². The first-order valence-corrected chi connectivity index (χ1v) is 10.5. The Balaban J connectivity index is 1.31. The van der Waals surface area contributed by atoms with E-state index in [1.807, 2.05) is 0 Å². The van der Waals surface area contributed by atoms with E-state index in [9.17, 15) is 23.5 Å². The highest BCUT2D eigenvalue weighted by Gasteiger charge is 2.56. The minimum atomic E-state index is -1.13. The highest BCUT2D eigenvalue weighted by molar-refractivity contribution is 5.97. The van der Waals surface area contributed by atoms with Crippen LogP contribution in [-0.2, 0) is 4.79 Å². The molecular weight excluding hydrogens is 380 g/mol. The maximum atomic E-state index is 14.6. The maximum Gasteiger partial charge on any atom is 0.326 e. The molecule has 29 heavy (non-hydrogen) atoms. The molecule has 6 rings (SSSR count). The van der Waals surface area contributed by atoms with Crippen LogP contribution >= 0.6 is 0 Å². The molecular formula is C22H25F2NO4. The Hall–Kier alpha value is -2.18. The van der Waals surface area contributed by atoms with Gasteiger partial charge in [-0.15, -0.1) is 0 Å². The Morgan fingerprint density at radius 2 is 1.86 bits per heavy atom. The summed E-state index contributed by atoms with van der Waals surface area (Å²) in [4.78, 5) is 25.0. The van der Waals surface area contributed by atoms with Crippen LogP contribution in [0, 0.1) is 34.8 Å². The second kappa shape index (κ2) is 6.67. The van der Waals surface area contributed by atoms with Crippen LogP contribution in [-0.4, -0.2) is 41.1 Å². The summed E-state index contributed by atoms with van der Waals surface area (Å²) in [6.07, 6.45) is 6.78. The number of amides is 1. The second-order valence-corrected chi connectivity index (χ2v) is 9.52. The van der Waals surface area contributed by atoms with Gasteiger partial charge in [0, 0.05) is 18.0 Å². The summed E-state index contributed by atoms with van der Waals surface area (Å²) in [5, 5.41) is 9.23. The SMILES string of the molecule is O=C(O)[C@@H]1CCCN1C(=O)c1cc(F)c(OCC23CC4CC(C2)C(C4)C3)cc1F. The Kier molecular flexibility index (Phi) is 4.33. The van der Waals surface area contributed by atoms with Crippen molar-refractivity contribution in [2.45, 2.75) is 51.0 Å². The largest absolute Gasteiger partial charge is 0.490 e. The fourth-order valence-corrected chi connectivity index (χ4v) is 6.61. The lowest BCUT2D eigenvalue weighted by molar-refractivity contribution is -0.141. The Bertz CT molecular complexity index is 853. The van der Waals surface area contributed by atoms with E-state index in [2.05, 4.69) is 0 Å². The molecule has 156 valence electrons. The molecule has 0 spiro atoms. The zero-order chi connectivity index (χ0) is 20.3. The van der Waals surface area contributed by atoms with Gasteiger partial charge in [-0.3, -0.25) is 4.79 Å². The zero-order valence-corrected chi connectivity index (χ0v) is 16.2. The first kappa shape index (κ1) is 18.8. The summed E-state index contributed by atoms with van der Waals surface area (Å²) in [6.45, 7) is 0.606. The van der Waals surface area contributed by atoms with Crippen molar-refractivity contribution in [3.8, 4) is 5.75 Å². The molecule has 7 heteroatoms. The first-order chi connectivity index (χ1) is 13.8. The van der Waals surface area contributed by atoms with E-state index in [0.717, 1.165) is 54.0 Å². The van der Waals surface area contributed by atoms with Crippen molar-refractivity contribution in [2.24, 2.45) is 23.2 Å². The topological polar surface area (TPSA) is 66.8 Å². The standard InChI is InChI=1S/C22H25F2NO4/c23-16-7-19(29-11-22-8-12-4-13(9-22)14(5-12)10-22)17(24)6-15(16)20(26)25-3-1-2-18(25)21(27)28/h6-7,12-14,18H,1-5,8-11H2,(H,27,28)/t12?,13?,14?,18-,22?/m0/s1. The predicted molar refractivity (Wildman–Crippen MR) is 99.5 cm³/mol. The number of nitrogens with zero attached hydrogens (tertiary/aromatic N) is 1. The van der Waals surface area contributed by atoms with E-state index < -0.39 is 35.1 Å². The number of aliphatic carboxylic acids is 1. The number of carbonyl (C=O) groups excluding carboxylic acids is 1. The molecule has 1 heterocycles. The average Bonchev–Trinajstić information content (AvgIpc) is 3.33. The van der Waals surface area contributed by atoms with Gasteiger partial charge in [-0.1, -0.05) is 0 Å². The van der Waals surface area contributed by atoms with Gasteiger partial charge in [0.1, 0.15) is 11.9 Å². The maximum absolute atomic E-state index is 14.6. The van der Waals surface area contributed by atoms with Crippen LogP contribution in [0.15, 0.2) is 12.1 Å². The zero-order valence-electron chi connectivity index (χ0n) is 16.2. The molecule has 1 amide bonds. The van der Waals surface area contributed by atoms with E-state index in [1.165, 1.54) is 12.8 Å². The minimum absolute atomic E-state index is 0.0815. The summed E-state index contributed by atoms with van der Waals surface area (Å²) in [6, 6.07) is 0.784. The highest BCUT2D eigenvalue weighted by Crippen LogP contribution is 2.64. The first-order valence-electron chi connectivity index (χ1n) is 10.5. The molecule has 4 saturated carbocycles. The average molecular weight is 405 g/mol. The van der Waals surface area contributed by atoms with Gasteiger partial charge >= 0.3 is 5.97 Å². The summed E-state index contributed by atoms with van der Waals surface area (Å²) in [5.74, 6) is -1.47. The Labute approximate surface area is 168 Å². The molecule has 0 radical (unpaired) electrons. The lowest BCUT2D eigenvalue weighted by Gasteiger charge is -2.38. The smallest absolute Gasteiger partial charge is 0.326 e. The quantitative estimate of drug-likeness (QED) is 0.808. The number of ether oxygens (including phenoxy) is 1. The number of benzene rings is 1. The molecule has 4 aliphatic carbocycles. The lowest BCUT2D eigenvalue weighted by atomic mass is 9.70. The molecule has 1 aromatic rings. The molecule has 1 aromatic carbocycles. The van der Waals surface area contributed by atoms with Gasteiger partial charge in [-0.2, -0.15) is 0 Å². The summed E-state index contributed by atoms with van der Waals surface area (Å²) < 4.78 is 35.0. The summed E-state index contributed by atoms with van der Waals surface area (Å²) in [7, 11) is 0. The number of carbonyl (C=O) groups is 2. The molecule has 4 bridgehead atoms.